The van der Waals surface area contributed by atoms with Crippen molar-refractivity contribution in [2.45, 2.75) is 24.0 Å². The van der Waals surface area contributed by atoms with E-state index in [1.54, 1.807) is 14.0 Å². The molecule has 0 unspecified atom stereocenters. The molecule has 0 radical (unpaired) electrons. The normalized spacial score (nSPS) is 11.9. The van der Waals surface area contributed by atoms with Gasteiger partial charge in [0.05, 0.1) is 18.9 Å². The van der Waals surface area contributed by atoms with Gasteiger partial charge in [-0.25, -0.2) is 18.1 Å². The van der Waals surface area contributed by atoms with Crippen molar-refractivity contribution in [3.05, 3.63) is 5.69 Å². The van der Waals surface area contributed by atoms with E-state index in [4.69, 9.17) is 15.2 Å². The molecule has 0 saturated heterocycles. The molecule has 0 atom stereocenters. The Morgan fingerprint density at radius 3 is 2.65 bits per heavy atom. The molecule has 7 nitrogen and oxygen atoms in total. The van der Waals surface area contributed by atoms with Gasteiger partial charge in [-0.2, -0.15) is 0 Å². The molecule has 20 heavy (non-hydrogen) atoms. The number of rotatable bonds is 10. The molecule has 9 heteroatoms. The lowest BCUT2D eigenvalue weighted by molar-refractivity contribution is 0.0689. The standard InChI is InChI=1S/C11H21N3O4S2/c1-9-10(19-11(12)14-9)20(15,16)13-5-3-4-6-18-8-7-17-2/h13H,3-8H2,1-2H3,(H2,12,14). The molecule has 1 aromatic heterocycles. The van der Waals surface area contributed by atoms with Crippen molar-refractivity contribution in [2.24, 2.45) is 0 Å². The molecule has 0 spiro atoms. The lowest BCUT2D eigenvalue weighted by atomic mass is 10.3. The molecule has 1 rings (SSSR count). The van der Waals surface area contributed by atoms with E-state index in [1.165, 1.54) is 0 Å². The third-order valence-electron chi connectivity index (χ3n) is 2.45. The Hall–Kier alpha value is -0.740. The number of nitrogen functional groups attached to an aromatic ring is 1. The number of hydrogen-bond acceptors (Lipinski definition) is 7. The maximum Gasteiger partial charge on any atom is 0.252 e. The molecule has 0 aliphatic rings. The van der Waals surface area contributed by atoms with E-state index in [0.717, 1.165) is 17.8 Å². The first kappa shape index (κ1) is 17.3. The van der Waals surface area contributed by atoms with Gasteiger partial charge in [-0.05, 0) is 19.8 Å². The molecule has 1 aromatic rings. The zero-order chi connectivity index (χ0) is 15.0. The van der Waals surface area contributed by atoms with Crippen LogP contribution in [0.4, 0.5) is 5.13 Å². The van der Waals surface area contributed by atoms with E-state index in [2.05, 4.69) is 9.71 Å². The number of nitrogens with one attached hydrogen (secondary N) is 1. The number of aryl methyl sites for hydroxylation is 1. The van der Waals surface area contributed by atoms with Crippen molar-refractivity contribution in [3.63, 3.8) is 0 Å². The van der Waals surface area contributed by atoms with Gasteiger partial charge in [0, 0.05) is 20.3 Å². The average molecular weight is 323 g/mol. The zero-order valence-corrected chi connectivity index (χ0v) is 13.3. The fourth-order valence-electron chi connectivity index (χ4n) is 1.50. The van der Waals surface area contributed by atoms with Crippen LogP contribution in [0.25, 0.3) is 0 Å². The van der Waals surface area contributed by atoms with Gasteiger partial charge in [0.15, 0.2) is 9.34 Å². The highest BCUT2D eigenvalue weighted by molar-refractivity contribution is 7.91. The van der Waals surface area contributed by atoms with Crippen LogP contribution in [0.1, 0.15) is 18.5 Å². The van der Waals surface area contributed by atoms with Crippen molar-refractivity contribution in [3.8, 4) is 0 Å². The summed E-state index contributed by atoms with van der Waals surface area (Å²) in [4.78, 5) is 3.91. The van der Waals surface area contributed by atoms with E-state index >= 15 is 0 Å². The number of hydrogen-bond donors (Lipinski definition) is 2. The highest BCUT2D eigenvalue weighted by atomic mass is 32.2. The number of sulfonamides is 1. The summed E-state index contributed by atoms with van der Waals surface area (Å²) in [5.74, 6) is 0. The molecule has 0 saturated carbocycles. The maximum absolute atomic E-state index is 12.0. The maximum atomic E-state index is 12.0. The van der Waals surface area contributed by atoms with Crippen LogP contribution >= 0.6 is 11.3 Å². The molecular weight excluding hydrogens is 302 g/mol. The topological polar surface area (TPSA) is 104 Å². The summed E-state index contributed by atoms with van der Waals surface area (Å²) in [5.41, 5.74) is 5.93. The van der Waals surface area contributed by atoms with E-state index < -0.39 is 10.0 Å². The second kappa shape index (κ2) is 8.53. The van der Waals surface area contributed by atoms with Crippen LogP contribution in [-0.2, 0) is 19.5 Å². The monoisotopic (exact) mass is 323 g/mol. The van der Waals surface area contributed by atoms with Gasteiger partial charge >= 0.3 is 0 Å². The van der Waals surface area contributed by atoms with Gasteiger partial charge in [0.25, 0.3) is 10.0 Å². The van der Waals surface area contributed by atoms with E-state index in [0.29, 0.717) is 38.5 Å². The fourth-order valence-corrected chi connectivity index (χ4v) is 3.91. The molecule has 0 aliphatic heterocycles. The average Bonchev–Trinajstić information content (AvgIpc) is 2.72. The van der Waals surface area contributed by atoms with E-state index in [9.17, 15) is 8.42 Å². The van der Waals surface area contributed by atoms with Gasteiger partial charge in [-0.1, -0.05) is 11.3 Å². The second-order valence-electron chi connectivity index (χ2n) is 4.14. The third kappa shape index (κ3) is 5.71. The van der Waals surface area contributed by atoms with Crippen LogP contribution in [0.3, 0.4) is 0 Å². The summed E-state index contributed by atoms with van der Waals surface area (Å²) >= 11 is 0.976. The molecule has 0 fully saturated rings. The molecule has 0 bridgehead atoms. The van der Waals surface area contributed by atoms with E-state index in [-0.39, 0.29) is 9.34 Å². The predicted octanol–water partition coefficient (Wildman–Crippen LogP) is 0.755. The van der Waals surface area contributed by atoms with E-state index in [1.807, 2.05) is 0 Å². The van der Waals surface area contributed by atoms with Crippen molar-refractivity contribution in [2.75, 3.05) is 39.2 Å². The first-order chi connectivity index (χ1) is 9.47. The number of unbranched alkanes of at least 4 members (excludes halogenated alkanes) is 1. The number of ether oxygens (including phenoxy) is 2. The first-order valence-electron chi connectivity index (χ1n) is 6.26. The molecule has 0 amide bonds. The Labute approximate surface area is 123 Å². The van der Waals surface area contributed by atoms with Gasteiger partial charge in [0.2, 0.25) is 0 Å². The Kier molecular flexibility index (Phi) is 7.38. The zero-order valence-electron chi connectivity index (χ0n) is 11.7. The van der Waals surface area contributed by atoms with Gasteiger partial charge in [-0.15, -0.1) is 0 Å². The minimum absolute atomic E-state index is 0.186. The molecule has 116 valence electrons. The van der Waals surface area contributed by atoms with Gasteiger partial charge in [0.1, 0.15) is 0 Å². The summed E-state index contributed by atoms with van der Waals surface area (Å²) in [6.07, 6.45) is 1.50. The van der Waals surface area contributed by atoms with Crippen molar-refractivity contribution in [1.82, 2.24) is 9.71 Å². The number of methoxy groups -OCH3 is 1. The molecular formula is C11H21N3O4S2. The molecule has 0 aromatic carbocycles. The Morgan fingerprint density at radius 1 is 1.30 bits per heavy atom. The lowest BCUT2D eigenvalue weighted by Crippen LogP contribution is -2.24. The van der Waals surface area contributed by atoms with Gasteiger partial charge in [-0.3, -0.25) is 0 Å². The quantitative estimate of drug-likeness (QED) is 0.616. The molecule has 1 heterocycles. The predicted molar refractivity (Wildman–Crippen MR) is 78.4 cm³/mol. The Bertz CT molecular complexity index is 502. The summed E-state index contributed by atoms with van der Waals surface area (Å²) < 4.78 is 36.8. The number of nitrogens with two attached hydrogens (primary N) is 1. The van der Waals surface area contributed by atoms with Crippen LogP contribution in [0, 0.1) is 6.92 Å². The third-order valence-corrected chi connectivity index (χ3v) is 5.51. The smallest absolute Gasteiger partial charge is 0.252 e. The largest absolute Gasteiger partial charge is 0.382 e. The van der Waals surface area contributed by atoms with Crippen LogP contribution in [0.5, 0.6) is 0 Å². The van der Waals surface area contributed by atoms with Gasteiger partial charge < -0.3 is 15.2 Å². The number of nitrogens with zero attached hydrogens (tertiary/aromatic N) is 1. The van der Waals surface area contributed by atoms with Crippen molar-refractivity contribution < 1.29 is 17.9 Å². The van der Waals surface area contributed by atoms with Crippen LogP contribution < -0.4 is 10.5 Å². The highest BCUT2D eigenvalue weighted by Gasteiger charge is 2.20. The Balaban J connectivity index is 2.26. The minimum Gasteiger partial charge on any atom is -0.382 e. The number of anilines is 1. The molecule has 3 N–H and O–H groups in total. The van der Waals surface area contributed by atoms with Crippen molar-refractivity contribution >= 4 is 26.5 Å². The van der Waals surface area contributed by atoms with Crippen LogP contribution in [0.15, 0.2) is 4.21 Å². The number of aromatic nitrogens is 1. The highest BCUT2D eigenvalue weighted by Crippen LogP contribution is 2.24. The lowest BCUT2D eigenvalue weighted by Gasteiger charge is -2.06. The SMILES string of the molecule is COCCOCCCCNS(=O)(=O)c1sc(N)nc1C. The van der Waals surface area contributed by atoms with Crippen LogP contribution in [-0.4, -0.2) is 46.9 Å². The molecule has 0 aliphatic carbocycles. The van der Waals surface area contributed by atoms with Crippen LogP contribution in [0.2, 0.25) is 0 Å². The first-order valence-corrected chi connectivity index (χ1v) is 8.56. The number of thiazole rings is 1. The summed E-state index contributed by atoms with van der Waals surface area (Å²) in [5, 5.41) is 0.259. The fraction of sp³-hybridized carbons (Fsp3) is 0.727. The summed E-state index contributed by atoms with van der Waals surface area (Å²) in [7, 11) is -1.89. The Morgan fingerprint density at radius 2 is 2.05 bits per heavy atom. The second-order valence-corrected chi connectivity index (χ2v) is 7.13. The minimum atomic E-state index is -3.51. The summed E-state index contributed by atoms with van der Waals surface area (Å²) in [6, 6.07) is 0. The summed E-state index contributed by atoms with van der Waals surface area (Å²) in [6.45, 7) is 3.72. The van der Waals surface area contributed by atoms with Crippen molar-refractivity contribution in [1.29, 1.82) is 0 Å².